The van der Waals surface area contributed by atoms with Crippen molar-refractivity contribution >= 4 is 39.9 Å². The lowest BCUT2D eigenvalue weighted by Crippen LogP contribution is -2.33. The van der Waals surface area contributed by atoms with Crippen LogP contribution in [0.25, 0.3) is 11.5 Å². The lowest BCUT2D eigenvalue weighted by molar-refractivity contribution is 0.0964. The second kappa shape index (κ2) is 9.25. The minimum Gasteiger partial charge on any atom is -0.359 e. The van der Waals surface area contributed by atoms with Crippen molar-refractivity contribution in [1.29, 1.82) is 0 Å². The normalized spacial score (nSPS) is 14.9. The molecule has 1 aliphatic rings. The Morgan fingerprint density at radius 1 is 1.23 bits per heavy atom. The average molecular weight is 493 g/mol. The van der Waals surface area contributed by atoms with E-state index in [2.05, 4.69) is 41.2 Å². The van der Waals surface area contributed by atoms with Crippen molar-refractivity contribution in [3.63, 3.8) is 0 Å². The van der Waals surface area contributed by atoms with Crippen LogP contribution in [0.3, 0.4) is 0 Å². The van der Waals surface area contributed by atoms with Crippen LogP contribution in [-0.2, 0) is 13.5 Å². The lowest BCUT2D eigenvalue weighted by Gasteiger charge is -2.21. The predicted molar refractivity (Wildman–Crippen MR) is 132 cm³/mol. The topological polar surface area (TPSA) is 145 Å². The van der Waals surface area contributed by atoms with Gasteiger partial charge in [0.2, 0.25) is 0 Å². The molecule has 3 N–H and O–H groups in total. The number of aryl methyl sites for hydroxylation is 2. The molecule has 0 fully saturated rings. The van der Waals surface area contributed by atoms with E-state index in [4.69, 9.17) is 0 Å². The molecular weight excluding hydrogens is 468 g/mol. The van der Waals surface area contributed by atoms with Gasteiger partial charge < -0.3 is 9.88 Å². The first-order valence-electron chi connectivity index (χ1n) is 11.1. The third-order valence-corrected chi connectivity index (χ3v) is 6.57. The van der Waals surface area contributed by atoms with Crippen LogP contribution < -0.4 is 16.0 Å². The fourth-order valence-corrected chi connectivity index (χ4v) is 4.76. The number of nitrogens with zero attached hydrogens (tertiary/aromatic N) is 7. The zero-order valence-electron chi connectivity index (χ0n) is 19.4. The molecule has 5 heterocycles. The second-order valence-corrected chi connectivity index (χ2v) is 9.52. The number of fused-ring (bicyclic) bond motifs is 1. The van der Waals surface area contributed by atoms with E-state index in [1.165, 1.54) is 11.3 Å². The Bertz CT molecular complexity index is 1390. The van der Waals surface area contributed by atoms with Gasteiger partial charge in [-0.2, -0.15) is 5.10 Å². The highest BCUT2D eigenvalue weighted by atomic mass is 32.1. The highest BCUT2D eigenvalue weighted by molar-refractivity contribution is 7.16. The number of urea groups is 1. The van der Waals surface area contributed by atoms with Gasteiger partial charge in [-0.15, -0.1) is 10.2 Å². The van der Waals surface area contributed by atoms with Gasteiger partial charge in [-0.25, -0.2) is 14.8 Å². The maximum absolute atomic E-state index is 12.7. The van der Waals surface area contributed by atoms with E-state index in [1.807, 2.05) is 24.5 Å². The minimum absolute atomic E-state index is 0.0248. The standard InChI is InChI=1S/C22H24N10O2S/c1-12(2)32-11-23-30-20(32)15-5-4-6-17(25-15)27-21(34)29-22-28-19-16(35-22)8-7-14(26-19)18(33)13-9-24-31(3)10-13/h4-6,9-12,14,26H,7-8H2,1-3H3,(H2,25,27,28,29,34). The molecule has 180 valence electrons. The molecule has 4 aromatic heterocycles. The number of anilines is 3. The molecule has 0 radical (unpaired) electrons. The molecule has 1 unspecified atom stereocenters. The number of amides is 2. The van der Waals surface area contributed by atoms with Crippen molar-refractivity contribution in [2.24, 2.45) is 7.05 Å². The van der Waals surface area contributed by atoms with Gasteiger partial charge in [-0.1, -0.05) is 17.4 Å². The summed E-state index contributed by atoms with van der Waals surface area (Å²) < 4.78 is 3.51. The Morgan fingerprint density at radius 2 is 2.09 bits per heavy atom. The molecule has 0 spiro atoms. The molecule has 0 bridgehead atoms. The third kappa shape index (κ3) is 4.75. The second-order valence-electron chi connectivity index (χ2n) is 8.44. The molecule has 5 rings (SSSR count). The van der Waals surface area contributed by atoms with Gasteiger partial charge in [0, 0.05) is 19.3 Å². The van der Waals surface area contributed by atoms with E-state index in [0.29, 0.717) is 46.7 Å². The summed E-state index contributed by atoms with van der Waals surface area (Å²) in [5.41, 5.74) is 1.16. The van der Waals surface area contributed by atoms with E-state index < -0.39 is 6.03 Å². The zero-order valence-corrected chi connectivity index (χ0v) is 20.2. The van der Waals surface area contributed by atoms with E-state index in [0.717, 1.165) is 4.88 Å². The maximum atomic E-state index is 12.7. The number of carbonyl (C=O) groups excluding carboxylic acids is 2. The molecule has 1 aliphatic heterocycles. The summed E-state index contributed by atoms with van der Waals surface area (Å²) in [4.78, 5) is 35.3. The molecule has 1 atom stereocenters. The molecule has 35 heavy (non-hydrogen) atoms. The number of pyridine rings is 1. The molecule has 0 saturated heterocycles. The average Bonchev–Trinajstić information content (AvgIpc) is 3.57. The van der Waals surface area contributed by atoms with Gasteiger partial charge in [0.15, 0.2) is 16.7 Å². The Labute approximate surface area is 204 Å². The number of hydrogen-bond acceptors (Lipinski definition) is 9. The highest BCUT2D eigenvalue weighted by Gasteiger charge is 2.28. The van der Waals surface area contributed by atoms with Crippen LogP contribution in [-0.4, -0.2) is 52.4 Å². The van der Waals surface area contributed by atoms with Crippen LogP contribution in [0, 0.1) is 0 Å². The smallest absolute Gasteiger partial charge is 0.326 e. The first-order chi connectivity index (χ1) is 16.9. The summed E-state index contributed by atoms with van der Waals surface area (Å²) in [5, 5.41) is 21.3. The number of carbonyl (C=O) groups is 2. The fraction of sp³-hybridized carbons (Fsp3) is 0.318. The van der Waals surface area contributed by atoms with Crippen molar-refractivity contribution < 1.29 is 9.59 Å². The van der Waals surface area contributed by atoms with E-state index >= 15 is 0 Å². The number of hydrogen-bond donors (Lipinski definition) is 3. The Hall–Kier alpha value is -4.13. The molecule has 13 heteroatoms. The van der Waals surface area contributed by atoms with Crippen molar-refractivity contribution in [3.8, 4) is 11.5 Å². The van der Waals surface area contributed by atoms with Gasteiger partial charge in [0.1, 0.15) is 23.7 Å². The highest BCUT2D eigenvalue weighted by Crippen LogP contribution is 2.33. The predicted octanol–water partition coefficient (Wildman–Crippen LogP) is 3.36. The summed E-state index contributed by atoms with van der Waals surface area (Å²) >= 11 is 1.38. The molecule has 2 amide bonds. The first kappa shape index (κ1) is 22.7. The van der Waals surface area contributed by atoms with Gasteiger partial charge in [-0.05, 0) is 38.8 Å². The van der Waals surface area contributed by atoms with Crippen LogP contribution in [0.15, 0.2) is 36.9 Å². The number of nitrogens with one attached hydrogen (secondary N) is 3. The Kier molecular flexibility index (Phi) is 5.99. The number of thiazole rings is 1. The van der Waals surface area contributed by atoms with Crippen molar-refractivity contribution in [2.45, 2.75) is 38.8 Å². The van der Waals surface area contributed by atoms with Gasteiger partial charge in [0.05, 0.1) is 22.7 Å². The van der Waals surface area contributed by atoms with Crippen LogP contribution in [0.4, 0.5) is 21.6 Å². The summed E-state index contributed by atoms with van der Waals surface area (Å²) in [7, 11) is 1.77. The summed E-state index contributed by atoms with van der Waals surface area (Å²) in [6.07, 6.45) is 6.26. The van der Waals surface area contributed by atoms with Gasteiger partial charge in [0.25, 0.3) is 0 Å². The maximum Gasteiger partial charge on any atom is 0.326 e. The largest absolute Gasteiger partial charge is 0.359 e. The molecule has 0 aromatic carbocycles. The Morgan fingerprint density at radius 3 is 2.86 bits per heavy atom. The van der Waals surface area contributed by atoms with E-state index in [9.17, 15) is 9.59 Å². The summed E-state index contributed by atoms with van der Waals surface area (Å²) in [5.74, 6) is 1.59. The molecule has 12 nitrogen and oxygen atoms in total. The minimum atomic E-state index is -0.464. The number of aromatic nitrogens is 7. The quantitative estimate of drug-likeness (QED) is 0.348. The van der Waals surface area contributed by atoms with E-state index in [1.54, 1.807) is 42.6 Å². The van der Waals surface area contributed by atoms with Crippen LogP contribution in [0.5, 0.6) is 0 Å². The molecule has 0 saturated carbocycles. The lowest BCUT2D eigenvalue weighted by atomic mass is 9.99. The van der Waals surface area contributed by atoms with E-state index in [-0.39, 0.29) is 17.9 Å². The van der Waals surface area contributed by atoms with Crippen molar-refractivity contribution in [2.75, 3.05) is 16.0 Å². The SMILES string of the molecule is CC(C)n1cnnc1-c1cccc(NC(=O)Nc2nc3c(s2)CCC(C(=O)c2cnn(C)c2)N3)n1. The van der Waals surface area contributed by atoms with Gasteiger partial charge in [-0.3, -0.25) is 20.1 Å². The van der Waals surface area contributed by atoms with Crippen molar-refractivity contribution in [3.05, 3.63) is 47.4 Å². The number of ketones is 1. The summed E-state index contributed by atoms with van der Waals surface area (Å²) in [6.45, 7) is 4.06. The van der Waals surface area contributed by atoms with Crippen LogP contribution >= 0.6 is 11.3 Å². The number of Topliss-reactive ketones (excluding diaryl/α,β-unsaturated/α-hetero) is 1. The molecule has 4 aromatic rings. The van der Waals surface area contributed by atoms with Crippen molar-refractivity contribution in [1.82, 2.24) is 34.5 Å². The Balaban J connectivity index is 1.24. The van der Waals surface area contributed by atoms with Gasteiger partial charge >= 0.3 is 6.03 Å². The van der Waals surface area contributed by atoms with Crippen LogP contribution in [0.1, 0.15) is 41.5 Å². The van der Waals surface area contributed by atoms with Crippen LogP contribution in [0.2, 0.25) is 0 Å². The first-order valence-corrected chi connectivity index (χ1v) is 11.9. The molecule has 0 aliphatic carbocycles. The third-order valence-electron chi connectivity index (χ3n) is 5.54. The monoisotopic (exact) mass is 492 g/mol. The summed E-state index contributed by atoms with van der Waals surface area (Å²) in [6, 6.07) is 4.63. The number of rotatable bonds is 6. The molecular formula is C22H24N10O2S. The zero-order chi connectivity index (χ0) is 24.5. The fourth-order valence-electron chi connectivity index (χ4n) is 3.82.